The predicted molar refractivity (Wildman–Crippen MR) is 72.8 cm³/mol. The number of hydrogen-bond acceptors (Lipinski definition) is 4. The maximum absolute atomic E-state index is 11.5. The first-order valence-electron chi connectivity index (χ1n) is 5.54. The second-order valence-corrected chi connectivity index (χ2v) is 4.62. The van der Waals surface area contributed by atoms with Crippen LogP contribution in [0.15, 0.2) is 18.2 Å². The molecule has 1 amide bonds. The van der Waals surface area contributed by atoms with Gasteiger partial charge in [0.1, 0.15) is 5.75 Å². The van der Waals surface area contributed by atoms with Crippen LogP contribution in [0.3, 0.4) is 0 Å². The molecule has 0 aliphatic carbocycles. The summed E-state index contributed by atoms with van der Waals surface area (Å²) >= 11 is 11.7. The van der Waals surface area contributed by atoms with E-state index in [2.05, 4.69) is 5.32 Å². The molecule has 2 N–H and O–H groups in total. The van der Waals surface area contributed by atoms with Crippen LogP contribution in [0.4, 0.5) is 0 Å². The summed E-state index contributed by atoms with van der Waals surface area (Å²) in [5, 5.41) is 12.7. The lowest BCUT2D eigenvalue weighted by Gasteiger charge is -2.12. The van der Waals surface area contributed by atoms with Gasteiger partial charge in [0.15, 0.2) is 6.61 Å². The van der Waals surface area contributed by atoms with Crippen LogP contribution in [0.25, 0.3) is 0 Å². The molecule has 0 radical (unpaired) electrons. The number of methoxy groups -OCH3 is 1. The van der Waals surface area contributed by atoms with Crippen LogP contribution in [0.5, 0.6) is 5.75 Å². The van der Waals surface area contributed by atoms with Crippen molar-refractivity contribution in [2.45, 2.75) is 6.10 Å². The van der Waals surface area contributed by atoms with Crippen molar-refractivity contribution in [2.24, 2.45) is 0 Å². The van der Waals surface area contributed by atoms with Gasteiger partial charge in [0.05, 0.1) is 17.7 Å². The van der Waals surface area contributed by atoms with Gasteiger partial charge in [-0.25, -0.2) is 0 Å². The number of carbonyl (C=O) groups is 1. The SMILES string of the molecule is COCC(O)CNC(=O)COc1cc(Cl)ccc1Cl. The Bertz CT molecular complexity index is 428. The molecule has 5 nitrogen and oxygen atoms in total. The van der Waals surface area contributed by atoms with Crippen molar-refractivity contribution in [1.29, 1.82) is 0 Å². The van der Waals surface area contributed by atoms with E-state index in [1.165, 1.54) is 13.2 Å². The molecule has 19 heavy (non-hydrogen) atoms. The number of ether oxygens (including phenoxy) is 2. The highest BCUT2D eigenvalue weighted by atomic mass is 35.5. The molecule has 1 rings (SSSR count). The van der Waals surface area contributed by atoms with Crippen molar-refractivity contribution in [3.63, 3.8) is 0 Å². The second kappa shape index (κ2) is 8.22. The summed E-state index contributed by atoms with van der Waals surface area (Å²) in [4.78, 5) is 11.5. The summed E-state index contributed by atoms with van der Waals surface area (Å²) in [5.74, 6) is -0.0343. The highest BCUT2D eigenvalue weighted by Gasteiger charge is 2.09. The molecule has 1 aromatic carbocycles. The Morgan fingerprint density at radius 3 is 2.89 bits per heavy atom. The number of nitrogens with one attached hydrogen (secondary N) is 1. The number of rotatable bonds is 7. The fourth-order valence-corrected chi connectivity index (χ4v) is 1.60. The fourth-order valence-electron chi connectivity index (χ4n) is 1.27. The molecule has 106 valence electrons. The molecule has 0 bridgehead atoms. The van der Waals surface area contributed by atoms with E-state index < -0.39 is 6.10 Å². The number of benzene rings is 1. The third-order valence-electron chi connectivity index (χ3n) is 2.15. The monoisotopic (exact) mass is 307 g/mol. The summed E-state index contributed by atoms with van der Waals surface area (Å²) in [6.07, 6.45) is -0.747. The molecule has 0 spiro atoms. The van der Waals surface area contributed by atoms with Crippen LogP contribution in [0, 0.1) is 0 Å². The van der Waals surface area contributed by atoms with Crippen LogP contribution in [0.2, 0.25) is 10.0 Å². The minimum Gasteiger partial charge on any atom is -0.482 e. The van der Waals surface area contributed by atoms with Crippen LogP contribution in [0.1, 0.15) is 0 Å². The minimum absolute atomic E-state index is 0.0965. The molecule has 0 saturated heterocycles. The average molecular weight is 308 g/mol. The van der Waals surface area contributed by atoms with E-state index in [-0.39, 0.29) is 25.7 Å². The summed E-state index contributed by atoms with van der Waals surface area (Å²) in [6, 6.07) is 4.73. The molecule has 1 aromatic rings. The third kappa shape index (κ3) is 6.11. The molecule has 0 saturated carbocycles. The smallest absolute Gasteiger partial charge is 0.258 e. The molecule has 1 atom stereocenters. The Hall–Kier alpha value is -1.01. The number of halogens is 2. The average Bonchev–Trinajstić information content (AvgIpc) is 2.38. The van der Waals surface area contributed by atoms with Crippen molar-refractivity contribution in [3.05, 3.63) is 28.2 Å². The largest absolute Gasteiger partial charge is 0.482 e. The van der Waals surface area contributed by atoms with Crippen molar-refractivity contribution >= 4 is 29.1 Å². The summed E-state index contributed by atoms with van der Waals surface area (Å²) in [5.41, 5.74) is 0. The van der Waals surface area contributed by atoms with Crippen molar-refractivity contribution in [2.75, 3.05) is 26.9 Å². The Morgan fingerprint density at radius 2 is 2.21 bits per heavy atom. The van der Waals surface area contributed by atoms with Crippen LogP contribution in [-0.2, 0) is 9.53 Å². The Morgan fingerprint density at radius 1 is 1.47 bits per heavy atom. The van der Waals surface area contributed by atoms with Gasteiger partial charge in [-0.3, -0.25) is 4.79 Å². The van der Waals surface area contributed by atoms with E-state index in [4.69, 9.17) is 32.7 Å². The van der Waals surface area contributed by atoms with Crippen molar-refractivity contribution in [3.8, 4) is 5.75 Å². The Labute approximate surface area is 121 Å². The van der Waals surface area contributed by atoms with Gasteiger partial charge in [-0.15, -0.1) is 0 Å². The first-order valence-corrected chi connectivity index (χ1v) is 6.30. The number of aliphatic hydroxyl groups is 1. The predicted octanol–water partition coefficient (Wildman–Crippen LogP) is 1.50. The first kappa shape index (κ1) is 16.0. The lowest BCUT2D eigenvalue weighted by Crippen LogP contribution is -2.37. The van der Waals surface area contributed by atoms with Gasteiger partial charge in [-0.2, -0.15) is 0 Å². The van der Waals surface area contributed by atoms with Crippen LogP contribution in [-0.4, -0.2) is 44.0 Å². The van der Waals surface area contributed by atoms with Gasteiger partial charge in [0.2, 0.25) is 0 Å². The highest BCUT2D eigenvalue weighted by Crippen LogP contribution is 2.27. The number of amides is 1. The minimum atomic E-state index is -0.747. The van der Waals surface area contributed by atoms with Crippen molar-refractivity contribution in [1.82, 2.24) is 5.32 Å². The maximum Gasteiger partial charge on any atom is 0.258 e. The molecule has 0 aromatic heterocycles. The van der Waals surface area contributed by atoms with E-state index in [1.54, 1.807) is 12.1 Å². The zero-order valence-corrected chi connectivity index (χ0v) is 11.9. The molecule has 7 heteroatoms. The van der Waals surface area contributed by atoms with Crippen LogP contribution >= 0.6 is 23.2 Å². The van der Waals surface area contributed by atoms with Gasteiger partial charge >= 0.3 is 0 Å². The zero-order valence-electron chi connectivity index (χ0n) is 10.4. The highest BCUT2D eigenvalue weighted by molar-refractivity contribution is 6.34. The quantitative estimate of drug-likeness (QED) is 0.801. The second-order valence-electron chi connectivity index (χ2n) is 3.78. The van der Waals surface area contributed by atoms with E-state index in [1.807, 2.05) is 0 Å². The van der Waals surface area contributed by atoms with E-state index >= 15 is 0 Å². The molecule has 0 fully saturated rings. The molecular weight excluding hydrogens is 293 g/mol. The fraction of sp³-hybridized carbons (Fsp3) is 0.417. The number of carbonyl (C=O) groups excluding carboxylic acids is 1. The summed E-state index contributed by atoms with van der Waals surface area (Å²) in [7, 11) is 1.47. The molecule has 0 aliphatic rings. The van der Waals surface area contributed by atoms with E-state index in [0.717, 1.165) is 0 Å². The number of hydrogen-bond donors (Lipinski definition) is 2. The van der Waals surface area contributed by atoms with Gasteiger partial charge in [0, 0.05) is 24.7 Å². The standard InChI is InChI=1S/C12H15Cl2NO4/c1-18-6-9(16)5-15-12(17)7-19-11-4-8(13)2-3-10(11)14/h2-4,9,16H,5-7H2,1H3,(H,15,17). The third-order valence-corrected chi connectivity index (χ3v) is 2.69. The van der Waals surface area contributed by atoms with E-state index in [0.29, 0.717) is 15.8 Å². The van der Waals surface area contributed by atoms with Crippen molar-refractivity contribution < 1.29 is 19.4 Å². The summed E-state index contributed by atoms with van der Waals surface area (Å²) < 4.78 is 9.96. The summed E-state index contributed by atoms with van der Waals surface area (Å²) in [6.45, 7) is 0.0420. The lowest BCUT2D eigenvalue weighted by molar-refractivity contribution is -0.123. The van der Waals surface area contributed by atoms with Gasteiger partial charge in [-0.1, -0.05) is 23.2 Å². The van der Waals surface area contributed by atoms with Gasteiger partial charge < -0.3 is 19.9 Å². The zero-order chi connectivity index (χ0) is 14.3. The Kier molecular flexibility index (Phi) is 6.94. The molecular formula is C12H15Cl2NO4. The van der Waals surface area contributed by atoms with Crippen LogP contribution < -0.4 is 10.1 Å². The lowest BCUT2D eigenvalue weighted by atomic mass is 10.3. The first-order chi connectivity index (χ1) is 9.02. The molecule has 1 unspecified atom stereocenters. The molecule has 0 heterocycles. The van der Waals surface area contributed by atoms with Gasteiger partial charge in [-0.05, 0) is 12.1 Å². The van der Waals surface area contributed by atoms with E-state index in [9.17, 15) is 9.90 Å². The topological polar surface area (TPSA) is 67.8 Å². The normalized spacial score (nSPS) is 12.0. The number of aliphatic hydroxyl groups excluding tert-OH is 1. The Balaban J connectivity index is 2.35. The van der Waals surface area contributed by atoms with Gasteiger partial charge in [0.25, 0.3) is 5.91 Å². The molecule has 0 aliphatic heterocycles. The maximum atomic E-state index is 11.5.